The van der Waals surface area contributed by atoms with Crippen LogP contribution in [0, 0.1) is 11.7 Å². The van der Waals surface area contributed by atoms with Gasteiger partial charge in [-0.1, -0.05) is 26.8 Å². The minimum absolute atomic E-state index is 0.000445. The summed E-state index contributed by atoms with van der Waals surface area (Å²) in [6.07, 6.45) is 1.08. The van der Waals surface area contributed by atoms with Crippen molar-refractivity contribution >= 4 is 21.6 Å². The zero-order valence-corrected chi connectivity index (χ0v) is 18.2. The van der Waals surface area contributed by atoms with E-state index >= 15 is 0 Å². The molecule has 3 rings (SSSR count). The molecule has 2 N–H and O–H groups in total. The van der Waals surface area contributed by atoms with Gasteiger partial charge in [0.2, 0.25) is 15.9 Å². The van der Waals surface area contributed by atoms with Gasteiger partial charge in [-0.3, -0.25) is 4.79 Å². The Hall–Kier alpha value is -2.45. The first-order chi connectivity index (χ1) is 14.0. The number of nitrogens with zero attached hydrogens (tertiary/aromatic N) is 1. The standard InChI is InChI=1S/C22H27FN2O4S/c1-22(2,3)16-6-11-20(26)19(13-16)24-21(27)15-5-4-12-25(14-15)30(28,29)18-9-7-17(23)8-10-18/h6-11,13,15,26H,4-5,12,14H2,1-3H3,(H,24,27). The molecule has 2 aromatic rings. The fraction of sp³-hybridized carbons (Fsp3) is 0.409. The van der Waals surface area contributed by atoms with Crippen molar-refractivity contribution in [2.24, 2.45) is 5.92 Å². The van der Waals surface area contributed by atoms with Gasteiger partial charge < -0.3 is 10.4 Å². The van der Waals surface area contributed by atoms with Gasteiger partial charge >= 0.3 is 0 Å². The second-order valence-corrected chi connectivity index (χ2v) is 10.6. The van der Waals surface area contributed by atoms with Gasteiger partial charge in [-0.25, -0.2) is 12.8 Å². The quantitative estimate of drug-likeness (QED) is 0.716. The third-order valence-electron chi connectivity index (χ3n) is 5.33. The molecule has 1 heterocycles. The van der Waals surface area contributed by atoms with Gasteiger partial charge in [0.25, 0.3) is 0 Å². The molecule has 30 heavy (non-hydrogen) atoms. The average molecular weight is 435 g/mol. The van der Waals surface area contributed by atoms with Crippen LogP contribution in [0.5, 0.6) is 5.75 Å². The molecule has 6 nitrogen and oxygen atoms in total. The number of aromatic hydroxyl groups is 1. The number of sulfonamides is 1. The molecule has 1 atom stereocenters. The number of carbonyl (C=O) groups is 1. The van der Waals surface area contributed by atoms with E-state index in [0.717, 1.165) is 17.7 Å². The Morgan fingerprint density at radius 1 is 1.17 bits per heavy atom. The molecular weight excluding hydrogens is 407 g/mol. The Morgan fingerprint density at radius 3 is 2.47 bits per heavy atom. The van der Waals surface area contributed by atoms with Gasteiger partial charge in [0.05, 0.1) is 16.5 Å². The fourth-order valence-electron chi connectivity index (χ4n) is 3.47. The summed E-state index contributed by atoms with van der Waals surface area (Å²) in [6, 6.07) is 9.75. The molecule has 2 aromatic carbocycles. The van der Waals surface area contributed by atoms with E-state index in [1.165, 1.54) is 16.4 Å². The number of hydrogen-bond acceptors (Lipinski definition) is 4. The van der Waals surface area contributed by atoms with E-state index in [1.54, 1.807) is 12.1 Å². The number of halogens is 1. The van der Waals surface area contributed by atoms with Crippen LogP contribution in [0.1, 0.15) is 39.2 Å². The molecule has 1 unspecified atom stereocenters. The molecule has 162 valence electrons. The predicted molar refractivity (Wildman–Crippen MR) is 113 cm³/mol. The summed E-state index contributed by atoms with van der Waals surface area (Å²) < 4.78 is 40.1. The Morgan fingerprint density at radius 2 is 1.83 bits per heavy atom. The summed E-state index contributed by atoms with van der Waals surface area (Å²) in [5, 5.41) is 12.9. The highest BCUT2D eigenvalue weighted by Gasteiger charge is 2.33. The normalized spacial score (nSPS) is 18.2. The van der Waals surface area contributed by atoms with Crippen LogP contribution in [0.25, 0.3) is 0 Å². The summed E-state index contributed by atoms with van der Waals surface area (Å²) in [4.78, 5) is 12.8. The lowest BCUT2D eigenvalue weighted by Crippen LogP contribution is -2.43. The molecule has 1 fully saturated rings. The first-order valence-corrected chi connectivity index (χ1v) is 11.3. The topological polar surface area (TPSA) is 86.7 Å². The van der Waals surface area contributed by atoms with Crippen LogP contribution in [0.15, 0.2) is 47.4 Å². The van der Waals surface area contributed by atoms with E-state index in [0.29, 0.717) is 25.1 Å². The van der Waals surface area contributed by atoms with Gasteiger partial charge in [-0.05, 0) is 60.2 Å². The third-order valence-corrected chi connectivity index (χ3v) is 7.21. The Balaban J connectivity index is 1.76. The SMILES string of the molecule is CC(C)(C)c1ccc(O)c(NC(=O)C2CCCN(S(=O)(=O)c3ccc(F)cc3)C2)c1. The summed E-state index contributed by atoms with van der Waals surface area (Å²) in [6.45, 7) is 6.43. The lowest BCUT2D eigenvalue weighted by molar-refractivity contribution is -0.120. The molecule has 0 bridgehead atoms. The van der Waals surface area contributed by atoms with Crippen molar-refractivity contribution in [3.8, 4) is 5.75 Å². The van der Waals surface area contributed by atoms with Gasteiger partial charge in [0, 0.05) is 13.1 Å². The van der Waals surface area contributed by atoms with Crippen LogP contribution in [0.3, 0.4) is 0 Å². The Labute approximate surface area is 176 Å². The van der Waals surface area contributed by atoms with E-state index in [4.69, 9.17) is 0 Å². The minimum atomic E-state index is -3.82. The second kappa shape index (κ2) is 8.35. The van der Waals surface area contributed by atoms with Crippen LogP contribution >= 0.6 is 0 Å². The van der Waals surface area contributed by atoms with Crippen LogP contribution in [0.4, 0.5) is 10.1 Å². The first-order valence-electron chi connectivity index (χ1n) is 9.88. The number of amides is 1. The molecule has 8 heteroatoms. The highest BCUT2D eigenvalue weighted by molar-refractivity contribution is 7.89. The molecular formula is C22H27FN2O4S. The van der Waals surface area contributed by atoms with E-state index in [9.17, 15) is 22.7 Å². The number of anilines is 1. The van der Waals surface area contributed by atoms with Crippen molar-refractivity contribution in [2.75, 3.05) is 18.4 Å². The third kappa shape index (κ3) is 4.82. The van der Waals surface area contributed by atoms with Gasteiger partial charge in [-0.15, -0.1) is 0 Å². The van der Waals surface area contributed by atoms with Gasteiger partial charge in [0.15, 0.2) is 0 Å². The molecule has 1 aliphatic rings. The maximum atomic E-state index is 13.1. The van der Waals surface area contributed by atoms with Gasteiger partial charge in [-0.2, -0.15) is 4.31 Å². The van der Waals surface area contributed by atoms with Crippen LogP contribution in [0.2, 0.25) is 0 Å². The number of piperidine rings is 1. The number of carbonyl (C=O) groups excluding carboxylic acids is 1. The van der Waals surface area contributed by atoms with Crippen LogP contribution in [-0.2, 0) is 20.2 Å². The van der Waals surface area contributed by atoms with Crippen molar-refractivity contribution < 1.29 is 22.7 Å². The molecule has 1 aliphatic heterocycles. The number of rotatable bonds is 4. The number of benzene rings is 2. The summed E-state index contributed by atoms with van der Waals surface area (Å²) in [5.41, 5.74) is 1.11. The van der Waals surface area contributed by atoms with Crippen molar-refractivity contribution in [1.29, 1.82) is 0 Å². The molecule has 1 saturated heterocycles. The average Bonchev–Trinajstić information content (AvgIpc) is 2.69. The number of phenols is 1. The van der Waals surface area contributed by atoms with E-state index < -0.39 is 21.8 Å². The lowest BCUT2D eigenvalue weighted by atomic mass is 9.86. The van der Waals surface area contributed by atoms with E-state index in [1.807, 2.05) is 26.8 Å². The maximum absolute atomic E-state index is 13.1. The van der Waals surface area contributed by atoms with Crippen molar-refractivity contribution in [1.82, 2.24) is 4.31 Å². The Kier molecular flexibility index (Phi) is 6.19. The number of hydrogen-bond donors (Lipinski definition) is 2. The molecule has 0 aromatic heterocycles. The maximum Gasteiger partial charge on any atom is 0.243 e. The lowest BCUT2D eigenvalue weighted by Gasteiger charge is -2.31. The molecule has 1 amide bonds. The van der Waals surface area contributed by atoms with Crippen molar-refractivity contribution in [2.45, 2.75) is 43.9 Å². The number of nitrogens with one attached hydrogen (secondary N) is 1. The molecule has 0 aliphatic carbocycles. The summed E-state index contributed by atoms with van der Waals surface area (Å²) in [5.74, 6) is -1.44. The number of phenolic OH excluding ortho intramolecular Hbond substituents is 1. The smallest absolute Gasteiger partial charge is 0.243 e. The van der Waals surface area contributed by atoms with E-state index in [-0.39, 0.29) is 28.5 Å². The highest BCUT2D eigenvalue weighted by atomic mass is 32.2. The van der Waals surface area contributed by atoms with Crippen LogP contribution in [-0.4, -0.2) is 36.8 Å². The van der Waals surface area contributed by atoms with Gasteiger partial charge in [0.1, 0.15) is 11.6 Å². The predicted octanol–water partition coefficient (Wildman–Crippen LogP) is 3.87. The van der Waals surface area contributed by atoms with Crippen molar-refractivity contribution in [3.05, 3.63) is 53.8 Å². The monoisotopic (exact) mass is 434 g/mol. The fourth-order valence-corrected chi connectivity index (χ4v) is 4.99. The highest BCUT2D eigenvalue weighted by Crippen LogP contribution is 2.32. The zero-order chi connectivity index (χ0) is 22.1. The van der Waals surface area contributed by atoms with E-state index in [2.05, 4.69) is 5.32 Å². The summed E-state index contributed by atoms with van der Waals surface area (Å²) >= 11 is 0. The zero-order valence-electron chi connectivity index (χ0n) is 17.4. The van der Waals surface area contributed by atoms with Crippen molar-refractivity contribution in [3.63, 3.8) is 0 Å². The first kappa shape index (κ1) is 22.2. The van der Waals surface area contributed by atoms with Crippen LogP contribution < -0.4 is 5.32 Å². The molecule has 0 spiro atoms. The summed E-state index contributed by atoms with van der Waals surface area (Å²) in [7, 11) is -3.82. The minimum Gasteiger partial charge on any atom is -0.506 e. The second-order valence-electron chi connectivity index (χ2n) is 8.63. The molecule has 0 radical (unpaired) electrons. The Bertz CT molecular complexity index is 1030. The largest absolute Gasteiger partial charge is 0.506 e. The molecule has 0 saturated carbocycles.